The number of hydrogen-bond donors (Lipinski definition) is 1. The fourth-order valence-corrected chi connectivity index (χ4v) is 1.99. The molecule has 0 atom stereocenters. The van der Waals surface area contributed by atoms with Gasteiger partial charge >= 0.3 is 0 Å². The largest absolute Gasteiger partial charge is 0.499 e. The summed E-state index contributed by atoms with van der Waals surface area (Å²) in [6.07, 6.45) is 0. The smallest absolute Gasteiger partial charge is 0.172 e. The van der Waals surface area contributed by atoms with Gasteiger partial charge in [0, 0.05) is 16.2 Å². The minimum absolute atomic E-state index is 0.00551. The van der Waals surface area contributed by atoms with Crippen LogP contribution in [0.15, 0.2) is 18.2 Å². The fourth-order valence-electron chi connectivity index (χ4n) is 1.19. The van der Waals surface area contributed by atoms with Crippen molar-refractivity contribution >= 4 is 21.4 Å². The molecule has 1 aromatic heterocycles. The van der Waals surface area contributed by atoms with Crippen molar-refractivity contribution in [1.29, 1.82) is 5.26 Å². The van der Waals surface area contributed by atoms with Crippen molar-refractivity contribution < 1.29 is 9.50 Å². The summed E-state index contributed by atoms with van der Waals surface area (Å²) >= 11 is 1.13. The highest BCUT2D eigenvalue weighted by atomic mass is 32.1. The van der Waals surface area contributed by atoms with E-state index in [0.717, 1.165) is 16.0 Å². The molecule has 1 aromatic carbocycles. The molecule has 0 saturated carbocycles. The Hall–Kier alpha value is -1.60. The monoisotopic (exact) mass is 193 g/mol. The zero-order valence-corrected chi connectivity index (χ0v) is 7.23. The Kier molecular flexibility index (Phi) is 1.67. The van der Waals surface area contributed by atoms with Gasteiger partial charge in [0.25, 0.3) is 0 Å². The first-order valence-corrected chi connectivity index (χ1v) is 4.35. The van der Waals surface area contributed by atoms with Crippen molar-refractivity contribution in [2.24, 2.45) is 0 Å². The van der Waals surface area contributed by atoms with E-state index in [1.165, 1.54) is 12.1 Å². The first-order chi connectivity index (χ1) is 6.22. The third-order valence-electron chi connectivity index (χ3n) is 1.75. The zero-order chi connectivity index (χ0) is 9.42. The number of nitrogens with zero attached hydrogens (tertiary/aromatic N) is 1. The van der Waals surface area contributed by atoms with E-state index in [4.69, 9.17) is 10.4 Å². The van der Waals surface area contributed by atoms with Crippen molar-refractivity contribution in [3.05, 3.63) is 29.6 Å². The van der Waals surface area contributed by atoms with E-state index >= 15 is 0 Å². The van der Waals surface area contributed by atoms with Gasteiger partial charge in [0.1, 0.15) is 11.9 Å². The van der Waals surface area contributed by atoms with Crippen molar-refractivity contribution in [2.45, 2.75) is 0 Å². The summed E-state index contributed by atoms with van der Waals surface area (Å²) in [4.78, 5) is 0. The summed E-state index contributed by atoms with van der Waals surface area (Å²) in [5, 5.41) is 18.4. The molecule has 0 amide bonds. The maximum atomic E-state index is 13.0. The molecule has 0 bridgehead atoms. The van der Waals surface area contributed by atoms with Gasteiger partial charge in [-0.3, -0.25) is 0 Å². The van der Waals surface area contributed by atoms with Gasteiger partial charge in [-0.15, -0.1) is 0 Å². The third kappa shape index (κ3) is 1.14. The van der Waals surface area contributed by atoms with Gasteiger partial charge in [0.2, 0.25) is 0 Å². The molecule has 0 radical (unpaired) electrons. The average molecular weight is 193 g/mol. The van der Waals surface area contributed by atoms with E-state index in [1.54, 1.807) is 12.1 Å². The second-order valence-electron chi connectivity index (χ2n) is 2.53. The van der Waals surface area contributed by atoms with Crippen LogP contribution in [0.4, 0.5) is 4.39 Å². The van der Waals surface area contributed by atoms with E-state index < -0.39 is 5.82 Å². The molecular formula is C9H4FNOS. The van der Waals surface area contributed by atoms with Crippen LogP contribution >= 0.6 is 11.3 Å². The van der Waals surface area contributed by atoms with Gasteiger partial charge < -0.3 is 5.11 Å². The normalized spacial score (nSPS) is 10.2. The molecule has 2 nitrogen and oxygen atoms in total. The molecule has 1 heterocycles. The molecule has 2 rings (SSSR count). The quantitative estimate of drug-likeness (QED) is 0.698. The molecular weight excluding hydrogens is 189 g/mol. The van der Waals surface area contributed by atoms with Crippen LogP contribution in [0, 0.1) is 17.1 Å². The standard InChI is InChI=1S/C9H4FNOS/c10-7-1-2-8-5(6(7)4-11)3-9(12)13-8/h1-3,12H. The molecule has 0 aliphatic rings. The average Bonchev–Trinajstić information content (AvgIpc) is 2.45. The number of benzene rings is 1. The number of thiophene rings is 1. The highest BCUT2D eigenvalue weighted by Crippen LogP contribution is 2.33. The minimum Gasteiger partial charge on any atom is -0.499 e. The van der Waals surface area contributed by atoms with E-state index in [-0.39, 0.29) is 10.6 Å². The van der Waals surface area contributed by atoms with Crippen LogP contribution < -0.4 is 0 Å². The molecule has 0 spiro atoms. The Balaban J connectivity index is 2.93. The first kappa shape index (κ1) is 8.02. The summed E-state index contributed by atoms with van der Waals surface area (Å²) in [6, 6.07) is 5.96. The summed E-state index contributed by atoms with van der Waals surface area (Å²) in [6.45, 7) is 0. The highest BCUT2D eigenvalue weighted by Gasteiger charge is 2.09. The lowest BCUT2D eigenvalue weighted by molar-refractivity contribution is 0.491. The molecule has 0 unspecified atom stereocenters. The van der Waals surface area contributed by atoms with E-state index in [0.29, 0.717) is 5.39 Å². The first-order valence-electron chi connectivity index (χ1n) is 3.53. The second-order valence-corrected chi connectivity index (χ2v) is 3.59. The van der Waals surface area contributed by atoms with Gasteiger partial charge in [-0.2, -0.15) is 5.26 Å². The number of aromatic hydroxyl groups is 1. The van der Waals surface area contributed by atoms with Gasteiger partial charge in [-0.1, -0.05) is 11.3 Å². The molecule has 64 valence electrons. The fraction of sp³-hybridized carbons (Fsp3) is 0. The van der Waals surface area contributed by atoms with Crippen LogP contribution in [0.5, 0.6) is 5.06 Å². The lowest BCUT2D eigenvalue weighted by Crippen LogP contribution is -1.81. The van der Waals surface area contributed by atoms with Gasteiger partial charge in [-0.05, 0) is 12.1 Å². The molecule has 0 aliphatic heterocycles. The van der Waals surface area contributed by atoms with Crippen LogP contribution in [0.1, 0.15) is 5.56 Å². The van der Waals surface area contributed by atoms with Crippen LogP contribution in [0.2, 0.25) is 0 Å². The van der Waals surface area contributed by atoms with Crippen molar-refractivity contribution in [3.8, 4) is 11.1 Å². The van der Waals surface area contributed by atoms with Gasteiger partial charge in [0.05, 0.1) is 5.56 Å². The van der Waals surface area contributed by atoms with Crippen LogP contribution in [0.3, 0.4) is 0 Å². The number of nitriles is 1. The van der Waals surface area contributed by atoms with Crippen molar-refractivity contribution in [3.63, 3.8) is 0 Å². The zero-order valence-electron chi connectivity index (χ0n) is 6.41. The molecule has 1 N–H and O–H groups in total. The van der Waals surface area contributed by atoms with E-state index in [9.17, 15) is 4.39 Å². The van der Waals surface area contributed by atoms with Crippen LogP contribution in [-0.2, 0) is 0 Å². The number of fused-ring (bicyclic) bond motifs is 1. The number of rotatable bonds is 0. The predicted octanol–water partition coefficient (Wildman–Crippen LogP) is 2.62. The van der Waals surface area contributed by atoms with Crippen LogP contribution in [0.25, 0.3) is 10.1 Å². The summed E-state index contributed by atoms with van der Waals surface area (Å²) in [7, 11) is 0. The third-order valence-corrected chi connectivity index (χ3v) is 2.65. The van der Waals surface area contributed by atoms with Crippen molar-refractivity contribution in [1.82, 2.24) is 0 Å². The summed E-state index contributed by atoms with van der Waals surface area (Å²) in [5.74, 6) is -0.548. The molecule has 13 heavy (non-hydrogen) atoms. The Morgan fingerprint density at radius 1 is 1.46 bits per heavy atom. The summed E-state index contributed by atoms with van der Waals surface area (Å²) in [5.41, 5.74) is -0.00551. The maximum absolute atomic E-state index is 13.0. The van der Waals surface area contributed by atoms with Crippen molar-refractivity contribution in [2.75, 3.05) is 0 Å². The maximum Gasteiger partial charge on any atom is 0.172 e. The minimum atomic E-state index is -0.548. The number of hydrogen-bond acceptors (Lipinski definition) is 3. The predicted molar refractivity (Wildman–Crippen MR) is 48.2 cm³/mol. The Morgan fingerprint density at radius 2 is 2.23 bits per heavy atom. The Labute approximate surface area is 77.5 Å². The van der Waals surface area contributed by atoms with E-state index in [1.807, 2.05) is 0 Å². The Morgan fingerprint density at radius 3 is 2.92 bits per heavy atom. The topological polar surface area (TPSA) is 44.0 Å². The lowest BCUT2D eigenvalue weighted by Gasteiger charge is -1.93. The molecule has 0 aliphatic carbocycles. The Bertz CT molecular complexity index is 512. The lowest BCUT2D eigenvalue weighted by atomic mass is 10.1. The molecule has 4 heteroatoms. The molecule has 2 aromatic rings. The molecule has 0 saturated heterocycles. The van der Waals surface area contributed by atoms with Crippen LogP contribution in [-0.4, -0.2) is 5.11 Å². The molecule has 0 fully saturated rings. The van der Waals surface area contributed by atoms with E-state index in [2.05, 4.69) is 0 Å². The second kappa shape index (κ2) is 2.71. The van der Waals surface area contributed by atoms with Gasteiger partial charge in [-0.25, -0.2) is 4.39 Å². The summed E-state index contributed by atoms with van der Waals surface area (Å²) < 4.78 is 13.7. The number of halogens is 1. The SMILES string of the molecule is N#Cc1c(F)ccc2sc(O)cc12. The van der Waals surface area contributed by atoms with Gasteiger partial charge in [0.15, 0.2) is 5.06 Å². The highest BCUT2D eigenvalue weighted by molar-refractivity contribution is 7.20.